The molecule has 0 aliphatic carbocycles. The summed E-state index contributed by atoms with van der Waals surface area (Å²) in [6, 6.07) is 14.2. The molecular weight excluding hydrogens is 331 g/mol. The summed E-state index contributed by atoms with van der Waals surface area (Å²) in [5, 5.41) is 5.86. The van der Waals surface area contributed by atoms with Crippen LogP contribution in [0.2, 0.25) is 0 Å². The maximum atomic E-state index is 13.6. The Kier molecular flexibility index (Phi) is 5.53. The van der Waals surface area contributed by atoms with Gasteiger partial charge < -0.3 is 10.6 Å². The predicted octanol–water partition coefficient (Wildman–Crippen LogP) is 3.83. The van der Waals surface area contributed by atoms with E-state index in [4.69, 9.17) is 0 Å². The molecule has 1 amide bonds. The van der Waals surface area contributed by atoms with Crippen LogP contribution in [-0.4, -0.2) is 22.4 Å². The van der Waals surface area contributed by atoms with Crippen molar-refractivity contribution in [2.75, 3.05) is 17.2 Å². The molecule has 0 saturated carbocycles. The number of carbonyl (C=O) groups is 1. The fourth-order valence-electron chi connectivity index (χ4n) is 2.48. The molecule has 0 atom stereocenters. The van der Waals surface area contributed by atoms with Crippen molar-refractivity contribution in [2.24, 2.45) is 0 Å². The van der Waals surface area contributed by atoms with Crippen LogP contribution < -0.4 is 10.6 Å². The number of halogens is 1. The van der Waals surface area contributed by atoms with E-state index >= 15 is 0 Å². The third kappa shape index (κ3) is 4.63. The van der Waals surface area contributed by atoms with E-state index in [0.717, 1.165) is 5.56 Å². The number of nitrogens with one attached hydrogen (secondary N) is 2. The van der Waals surface area contributed by atoms with Gasteiger partial charge >= 0.3 is 0 Å². The number of aromatic nitrogens is 2. The molecule has 132 valence electrons. The van der Waals surface area contributed by atoms with Gasteiger partial charge in [0, 0.05) is 12.2 Å². The van der Waals surface area contributed by atoms with E-state index in [1.165, 1.54) is 18.5 Å². The zero-order valence-electron chi connectivity index (χ0n) is 14.4. The quantitative estimate of drug-likeness (QED) is 0.709. The highest BCUT2D eigenvalue weighted by atomic mass is 19.1. The van der Waals surface area contributed by atoms with Gasteiger partial charge in [0.2, 0.25) is 0 Å². The van der Waals surface area contributed by atoms with Gasteiger partial charge in [-0.15, -0.1) is 0 Å². The van der Waals surface area contributed by atoms with Crippen molar-refractivity contribution < 1.29 is 9.18 Å². The lowest BCUT2D eigenvalue weighted by atomic mass is 10.1. The minimum Gasteiger partial charge on any atom is -0.368 e. The lowest BCUT2D eigenvalue weighted by Crippen LogP contribution is -2.15. The van der Waals surface area contributed by atoms with Crippen molar-refractivity contribution in [2.45, 2.75) is 13.3 Å². The minimum absolute atomic E-state index is 0.219. The molecule has 0 saturated heterocycles. The van der Waals surface area contributed by atoms with Gasteiger partial charge in [-0.2, -0.15) is 0 Å². The number of aryl methyl sites for hydroxylation is 1. The Morgan fingerprint density at radius 1 is 1.08 bits per heavy atom. The van der Waals surface area contributed by atoms with Gasteiger partial charge in [-0.25, -0.2) is 14.4 Å². The van der Waals surface area contributed by atoms with Crippen LogP contribution in [0.3, 0.4) is 0 Å². The fraction of sp³-hybridized carbons (Fsp3) is 0.150. The molecule has 5 nitrogen and oxygen atoms in total. The lowest BCUT2D eigenvalue weighted by Gasteiger charge is -2.08. The standard InChI is InChI=1S/C20H19FN4O/c1-14-5-4-7-16(11-14)25-20(26)18-12-24-19(13-23-18)22-10-9-15-6-2-3-8-17(15)21/h2-8,11-13H,9-10H2,1H3,(H,22,24)(H,25,26). The van der Waals surface area contributed by atoms with Gasteiger partial charge in [-0.05, 0) is 42.7 Å². The molecule has 6 heteroatoms. The molecule has 2 N–H and O–H groups in total. The van der Waals surface area contributed by atoms with Crippen molar-refractivity contribution in [1.29, 1.82) is 0 Å². The van der Waals surface area contributed by atoms with Gasteiger partial charge in [0.15, 0.2) is 0 Å². The Balaban J connectivity index is 1.54. The normalized spacial score (nSPS) is 10.4. The molecule has 3 aromatic rings. The first kappa shape index (κ1) is 17.5. The summed E-state index contributed by atoms with van der Waals surface area (Å²) in [7, 11) is 0. The van der Waals surface area contributed by atoms with E-state index in [0.29, 0.717) is 30.0 Å². The van der Waals surface area contributed by atoms with Crippen molar-refractivity contribution >= 4 is 17.4 Å². The number of benzene rings is 2. The molecule has 26 heavy (non-hydrogen) atoms. The van der Waals surface area contributed by atoms with Crippen LogP contribution in [0, 0.1) is 12.7 Å². The van der Waals surface area contributed by atoms with Crippen LogP contribution in [0.1, 0.15) is 21.6 Å². The molecule has 0 radical (unpaired) electrons. The summed E-state index contributed by atoms with van der Waals surface area (Å²) >= 11 is 0. The maximum absolute atomic E-state index is 13.6. The van der Waals surface area contributed by atoms with Crippen molar-refractivity contribution in [3.05, 3.63) is 83.6 Å². The number of carbonyl (C=O) groups excluding carboxylic acids is 1. The van der Waals surface area contributed by atoms with Crippen LogP contribution in [0.15, 0.2) is 60.9 Å². The van der Waals surface area contributed by atoms with Gasteiger partial charge in [0.25, 0.3) is 5.91 Å². The zero-order valence-corrected chi connectivity index (χ0v) is 14.4. The van der Waals surface area contributed by atoms with E-state index in [2.05, 4.69) is 20.6 Å². The summed E-state index contributed by atoms with van der Waals surface area (Å²) in [6.45, 7) is 2.47. The van der Waals surface area contributed by atoms with Gasteiger partial charge in [0.05, 0.1) is 12.4 Å². The zero-order chi connectivity index (χ0) is 18.4. The third-order valence-electron chi connectivity index (χ3n) is 3.82. The van der Waals surface area contributed by atoms with Crippen molar-refractivity contribution in [1.82, 2.24) is 9.97 Å². The number of hydrogen-bond acceptors (Lipinski definition) is 4. The summed E-state index contributed by atoms with van der Waals surface area (Å²) < 4.78 is 13.6. The Morgan fingerprint density at radius 3 is 2.65 bits per heavy atom. The minimum atomic E-state index is -0.319. The molecule has 0 bridgehead atoms. The van der Waals surface area contributed by atoms with Gasteiger partial charge in [0.1, 0.15) is 17.3 Å². The first-order valence-corrected chi connectivity index (χ1v) is 8.29. The second kappa shape index (κ2) is 8.20. The molecule has 1 heterocycles. The fourth-order valence-corrected chi connectivity index (χ4v) is 2.48. The average molecular weight is 350 g/mol. The molecule has 0 unspecified atom stereocenters. The first-order chi connectivity index (χ1) is 12.6. The van der Waals surface area contributed by atoms with Crippen LogP contribution in [0.5, 0.6) is 0 Å². The van der Waals surface area contributed by atoms with Gasteiger partial charge in [-0.1, -0.05) is 30.3 Å². The highest BCUT2D eigenvalue weighted by molar-refractivity contribution is 6.02. The van der Waals surface area contributed by atoms with Gasteiger partial charge in [-0.3, -0.25) is 4.79 Å². The number of anilines is 2. The third-order valence-corrected chi connectivity index (χ3v) is 3.82. The topological polar surface area (TPSA) is 66.9 Å². The van der Waals surface area contributed by atoms with E-state index in [1.807, 2.05) is 31.2 Å². The molecule has 1 aromatic heterocycles. The number of amides is 1. The molecule has 0 fully saturated rings. The van der Waals surface area contributed by atoms with E-state index < -0.39 is 0 Å². The number of nitrogens with zero attached hydrogens (tertiary/aromatic N) is 2. The Labute approximate surface area is 151 Å². The molecule has 0 aliphatic rings. The number of rotatable bonds is 6. The largest absolute Gasteiger partial charge is 0.368 e. The second-order valence-corrected chi connectivity index (χ2v) is 5.88. The van der Waals surface area contributed by atoms with Crippen LogP contribution in [0.4, 0.5) is 15.9 Å². The second-order valence-electron chi connectivity index (χ2n) is 5.88. The highest BCUT2D eigenvalue weighted by Crippen LogP contribution is 2.11. The molecule has 2 aromatic carbocycles. The predicted molar refractivity (Wildman–Crippen MR) is 99.8 cm³/mol. The van der Waals surface area contributed by atoms with Crippen LogP contribution in [0.25, 0.3) is 0 Å². The highest BCUT2D eigenvalue weighted by Gasteiger charge is 2.09. The van der Waals surface area contributed by atoms with E-state index in [1.54, 1.807) is 18.2 Å². The average Bonchev–Trinajstić information content (AvgIpc) is 2.64. The lowest BCUT2D eigenvalue weighted by molar-refractivity contribution is 0.102. The van der Waals surface area contributed by atoms with Crippen molar-refractivity contribution in [3.8, 4) is 0 Å². The SMILES string of the molecule is Cc1cccc(NC(=O)c2cnc(NCCc3ccccc3F)cn2)c1. The van der Waals surface area contributed by atoms with E-state index in [9.17, 15) is 9.18 Å². The Hall–Kier alpha value is -3.28. The van der Waals surface area contributed by atoms with Crippen LogP contribution >= 0.6 is 0 Å². The smallest absolute Gasteiger partial charge is 0.275 e. The molecular formula is C20H19FN4O. The first-order valence-electron chi connectivity index (χ1n) is 8.29. The van der Waals surface area contributed by atoms with Crippen molar-refractivity contribution in [3.63, 3.8) is 0 Å². The summed E-state index contributed by atoms with van der Waals surface area (Å²) in [5.74, 6) is -0.00185. The molecule has 0 spiro atoms. The van der Waals surface area contributed by atoms with E-state index in [-0.39, 0.29) is 17.4 Å². The Bertz CT molecular complexity index is 896. The van der Waals surface area contributed by atoms with Crippen LogP contribution in [-0.2, 0) is 6.42 Å². The Morgan fingerprint density at radius 2 is 1.92 bits per heavy atom. The summed E-state index contributed by atoms with van der Waals surface area (Å²) in [6.07, 6.45) is 3.44. The molecule has 0 aliphatic heterocycles. The molecule has 3 rings (SSSR count). The maximum Gasteiger partial charge on any atom is 0.275 e. The summed E-state index contributed by atoms with van der Waals surface area (Å²) in [4.78, 5) is 20.5. The summed E-state index contributed by atoms with van der Waals surface area (Å²) in [5.41, 5.74) is 2.64. The monoisotopic (exact) mass is 350 g/mol. The number of hydrogen-bond donors (Lipinski definition) is 2.